The number of methoxy groups -OCH3 is 1. The van der Waals surface area contributed by atoms with Gasteiger partial charge in [0, 0.05) is 30.4 Å². The highest BCUT2D eigenvalue weighted by molar-refractivity contribution is 7.98. The third-order valence-corrected chi connectivity index (χ3v) is 8.39. The Balaban J connectivity index is 1.81. The molecular formula is C25H36ClNO5S. The van der Waals surface area contributed by atoms with Crippen molar-refractivity contribution in [2.45, 2.75) is 81.2 Å². The molecule has 1 saturated carbocycles. The maximum Gasteiger partial charge on any atom is 0.404 e. The number of amides is 1. The molecule has 6 unspecified atom stereocenters. The molecule has 1 aromatic rings. The Hall–Kier alpha value is -1.25. The fourth-order valence-electron chi connectivity index (χ4n) is 5.15. The molecule has 0 spiro atoms. The van der Waals surface area contributed by atoms with Crippen LogP contribution in [0.15, 0.2) is 35.9 Å². The summed E-state index contributed by atoms with van der Waals surface area (Å²) in [4.78, 5) is 11.5. The first kappa shape index (κ1) is 26.4. The molecule has 1 aromatic carbocycles. The van der Waals surface area contributed by atoms with Gasteiger partial charge in [-0.1, -0.05) is 35.9 Å². The summed E-state index contributed by atoms with van der Waals surface area (Å²) < 4.78 is 17.4. The summed E-state index contributed by atoms with van der Waals surface area (Å²) in [7, 11) is 1.58. The van der Waals surface area contributed by atoms with E-state index in [1.165, 1.54) is 11.1 Å². The molecule has 1 amide bonds. The summed E-state index contributed by atoms with van der Waals surface area (Å²) >= 11 is 7.77. The van der Waals surface area contributed by atoms with Crippen molar-refractivity contribution in [1.29, 1.82) is 0 Å². The fraction of sp³-hybridized carbons (Fsp3) is 0.640. The molecule has 1 aliphatic heterocycles. The molecule has 6 nitrogen and oxygen atoms in total. The summed E-state index contributed by atoms with van der Waals surface area (Å²) in [6, 6.07) is 8.09. The number of carbonyl (C=O) groups excluding carboxylic acids is 1. The van der Waals surface area contributed by atoms with E-state index in [4.69, 9.17) is 31.5 Å². The third-order valence-electron chi connectivity index (χ3n) is 6.88. The molecule has 2 fully saturated rings. The van der Waals surface area contributed by atoms with Crippen LogP contribution in [0.25, 0.3) is 0 Å². The van der Waals surface area contributed by atoms with Gasteiger partial charge in [-0.05, 0) is 51.2 Å². The average Bonchev–Trinajstić information content (AvgIpc) is 3.43. The highest BCUT2D eigenvalue weighted by atomic mass is 35.5. The number of aliphatic hydroxyl groups is 1. The molecule has 3 rings (SSSR count). The van der Waals surface area contributed by atoms with Crippen molar-refractivity contribution in [3.8, 4) is 0 Å². The van der Waals surface area contributed by atoms with Crippen molar-refractivity contribution in [2.75, 3.05) is 12.9 Å². The number of allylic oxidation sites excluding steroid dienone is 1. The summed E-state index contributed by atoms with van der Waals surface area (Å²) in [6.45, 7) is 6.14. The van der Waals surface area contributed by atoms with Gasteiger partial charge >= 0.3 is 6.09 Å². The second-order valence-corrected chi connectivity index (χ2v) is 10.8. The normalized spacial score (nSPS) is 33.4. The number of carbonyl (C=O) groups is 1. The van der Waals surface area contributed by atoms with E-state index in [-0.39, 0.29) is 12.0 Å². The lowest BCUT2D eigenvalue weighted by molar-refractivity contribution is -0.169. The van der Waals surface area contributed by atoms with Gasteiger partial charge in [0.25, 0.3) is 0 Å². The van der Waals surface area contributed by atoms with Crippen LogP contribution >= 0.6 is 23.4 Å². The lowest BCUT2D eigenvalue weighted by Crippen LogP contribution is -2.61. The minimum Gasteiger partial charge on any atom is -0.444 e. The minimum atomic E-state index is -1.05. The molecule has 8 heteroatoms. The molecule has 3 N–H and O–H groups in total. The van der Waals surface area contributed by atoms with Gasteiger partial charge in [-0.25, -0.2) is 4.79 Å². The Bertz CT molecular complexity index is 863. The van der Waals surface area contributed by atoms with E-state index in [2.05, 4.69) is 26.0 Å². The monoisotopic (exact) mass is 497 g/mol. The maximum absolute atomic E-state index is 12.0. The van der Waals surface area contributed by atoms with Crippen molar-refractivity contribution in [3.05, 3.63) is 47.0 Å². The predicted octanol–water partition coefficient (Wildman–Crippen LogP) is 4.79. The fourth-order valence-corrected chi connectivity index (χ4v) is 6.70. The molecule has 0 radical (unpaired) electrons. The first-order valence-electron chi connectivity index (χ1n) is 11.4. The molecular weight excluding hydrogens is 462 g/mol. The van der Waals surface area contributed by atoms with Gasteiger partial charge in [0.15, 0.2) is 0 Å². The van der Waals surface area contributed by atoms with Crippen molar-refractivity contribution in [3.63, 3.8) is 0 Å². The number of epoxide rings is 1. The number of hydrogen-bond acceptors (Lipinski definition) is 6. The number of hydrogen-bond donors (Lipinski definition) is 2. The number of benzene rings is 1. The molecule has 33 heavy (non-hydrogen) atoms. The smallest absolute Gasteiger partial charge is 0.404 e. The zero-order chi connectivity index (χ0) is 24.2. The zero-order valence-electron chi connectivity index (χ0n) is 19.9. The maximum atomic E-state index is 12.0. The Morgan fingerprint density at radius 2 is 2.06 bits per heavy atom. The molecule has 0 aromatic heterocycles. The quantitative estimate of drug-likeness (QED) is 0.274. The standard InChI is InChI=1S/C25H36ClNO5S/c1-16(2)9-10-20-24(3,32-20)22-21(30-4)19(31-23(27)28)11-12-25(22,29)15-33-14-18-8-6-5-7-17(18)13-26/h5-9,19-22,29H,10-15H2,1-4H3,(H2,27,28). The summed E-state index contributed by atoms with van der Waals surface area (Å²) in [6.07, 6.45) is 1.94. The number of halogens is 1. The molecule has 0 bridgehead atoms. The van der Waals surface area contributed by atoms with Gasteiger partial charge in [0.05, 0.1) is 11.7 Å². The minimum absolute atomic E-state index is 0.0316. The van der Waals surface area contributed by atoms with Crippen molar-refractivity contribution in [1.82, 2.24) is 0 Å². The zero-order valence-corrected chi connectivity index (χ0v) is 21.5. The number of rotatable bonds is 10. The summed E-state index contributed by atoms with van der Waals surface area (Å²) in [5.74, 6) is 1.33. The van der Waals surface area contributed by atoms with Crippen LogP contribution in [0.2, 0.25) is 0 Å². The number of thioether (sulfide) groups is 1. The van der Waals surface area contributed by atoms with Crippen molar-refractivity contribution < 1.29 is 24.1 Å². The van der Waals surface area contributed by atoms with Crippen LogP contribution < -0.4 is 5.73 Å². The molecule has 184 valence electrons. The van der Waals surface area contributed by atoms with E-state index in [1.807, 2.05) is 25.1 Å². The van der Waals surface area contributed by atoms with Crippen LogP contribution in [0, 0.1) is 5.92 Å². The Morgan fingerprint density at radius 3 is 2.67 bits per heavy atom. The molecule has 1 heterocycles. The van der Waals surface area contributed by atoms with Crippen LogP contribution in [0.4, 0.5) is 4.79 Å². The van der Waals surface area contributed by atoms with Crippen LogP contribution in [0.3, 0.4) is 0 Å². The second kappa shape index (κ2) is 11.0. The summed E-state index contributed by atoms with van der Waals surface area (Å²) in [5.41, 5.74) is 7.18. The van der Waals surface area contributed by atoms with E-state index in [9.17, 15) is 9.90 Å². The van der Waals surface area contributed by atoms with Crippen LogP contribution in [-0.4, -0.2) is 53.6 Å². The van der Waals surface area contributed by atoms with Gasteiger partial charge in [-0.15, -0.1) is 11.6 Å². The lowest BCUT2D eigenvalue weighted by atomic mass is 9.66. The predicted molar refractivity (Wildman–Crippen MR) is 132 cm³/mol. The highest BCUT2D eigenvalue weighted by Crippen LogP contribution is 2.55. The van der Waals surface area contributed by atoms with Gasteiger partial charge < -0.3 is 25.1 Å². The highest BCUT2D eigenvalue weighted by Gasteiger charge is 2.67. The third kappa shape index (κ3) is 6.06. The number of alkyl halides is 1. The van der Waals surface area contributed by atoms with Crippen LogP contribution in [0.5, 0.6) is 0 Å². The average molecular weight is 498 g/mol. The Morgan fingerprint density at radius 1 is 1.36 bits per heavy atom. The molecule has 1 aliphatic carbocycles. The van der Waals surface area contributed by atoms with Crippen LogP contribution in [-0.2, 0) is 25.8 Å². The summed E-state index contributed by atoms with van der Waals surface area (Å²) in [5, 5.41) is 12.0. The first-order valence-corrected chi connectivity index (χ1v) is 13.1. The van der Waals surface area contributed by atoms with E-state index >= 15 is 0 Å². The largest absolute Gasteiger partial charge is 0.444 e. The SMILES string of the molecule is COC1C(OC(N)=O)CCC(O)(CSCc2ccccc2CCl)C1C1(C)OC1CC=C(C)C. The molecule has 1 saturated heterocycles. The number of primary amides is 1. The van der Waals surface area contributed by atoms with Gasteiger partial charge in [-0.3, -0.25) is 0 Å². The lowest BCUT2D eigenvalue weighted by Gasteiger charge is -2.48. The van der Waals surface area contributed by atoms with E-state index < -0.39 is 29.5 Å². The van der Waals surface area contributed by atoms with Crippen molar-refractivity contribution >= 4 is 29.5 Å². The van der Waals surface area contributed by atoms with Gasteiger partial charge in [0.2, 0.25) is 0 Å². The second-order valence-electron chi connectivity index (χ2n) is 9.50. The van der Waals surface area contributed by atoms with E-state index in [0.717, 1.165) is 17.7 Å². The topological polar surface area (TPSA) is 94.3 Å². The van der Waals surface area contributed by atoms with E-state index in [1.54, 1.807) is 18.9 Å². The van der Waals surface area contributed by atoms with E-state index in [0.29, 0.717) is 24.5 Å². The van der Waals surface area contributed by atoms with Crippen LogP contribution in [0.1, 0.15) is 51.2 Å². The number of ether oxygens (including phenoxy) is 3. The van der Waals surface area contributed by atoms with Crippen molar-refractivity contribution in [2.24, 2.45) is 11.7 Å². The Labute approximate surface area is 206 Å². The van der Waals surface area contributed by atoms with Gasteiger partial charge in [0.1, 0.15) is 17.8 Å². The Kier molecular flexibility index (Phi) is 8.78. The number of nitrogens with two attached hydrogens (primary N) is 1. The molecule has 6 atom stereocenters. The van der Waals surface area contributed by atoms with Gasteiger partial charge in [-0.2, -0.15) is 11.8 Å². The first-order chi connectivity index (χ1) is 15.6. The molecule has 2 aliphatic rings.